The van der Waals surface area contributed by atoms with E-state index in [9.17, 15) is 19.5 Å². The molecule has 0 bridgehead atoms. The Morgan fingerprint density at radius 1 is 1.35 bits per heavy atom. The zero-order chi connectivity index (χ0) is 15.1. The van der Waals surface area contributed by atoms with E-state index in [4.69, 9.17) is 4.74 Å². The number of urea groups is 1. The molecule has 1 unspecified atom stereocenters. The van der Waals surface area contributed by atoms with E-state index < -0.39 is 24.0 Å². The van der Waals surface area contributed by atoms with Crippen molar-refractivity contribution in [2.75, 3.05) is 6.54 Å². The van der Waals surface area contributed by atoms with Gasteiger partial charge in [0.05, 0.1) is 5.56 Å². The molecule has 108 valence electrons. The predicted octanol–water partition coefficient (Wildman–Crippen LogP) is 0.783. The molecule has 0 saturated carbocycles. The molecule has 0 aliphatic rings. The number of carbonyl (C=O) groups excluding carboxylic acids is 3. The van der Waals surface area contributed by atoms with Crippen LogP contribution in [0.4, 0.5) is 4.79 Å². The van der Waals surface area contributed by atoms with Gasteiger partial charge in [-0.1, -0.05) is 6.07 Å². The van der Waals surface area contributed by atoms with Crippen LogP contribution in [0.1, 0.15) is 24.2 Å². The lowest BCUT2D eigenvalue weighted by Gasteiger charge is -2.13. The van der Waals surface area contributed by atoms with Crippen LogP contribution in [0.3, 0.4) is 0 Å². The molecule has 0 fully saturated rings. The van der Waals surface area contributed by atoms with Gasteiger partial charge in [-0.15, -0.1) is 0 Å². The third-order valence-electron chi connectivity index (χ3n) is 2.31. The number of aromatic hydroxyl groups is 1. The summed E-state index contributed by atoms with van der Waals surface area (Å²) in [5, 5.41) is 13.7. The van der Waals surface area contributed by atoms with Crippen LogP contribution in [0.2, 0.25) is 0 Å². The van der Waals surface area contributed by atoms with Crippen molar-refractivity contribution in [2.24, 2.45) is 0 Å². The number of amides is 3. The summed E-state index contributed by atoms with van der Waals surface area (Å²) in [4.78, 5) is 34.4. The van der Waals surface area contributed by atoms with Crippen molar-refractivity contribution in [1.29, 1.82) is 0 Å². The standard InChI is InChI=1S/C13H16N2O5/c1-3-14-13(19)15-11(17)8(2)20-12(18)9-5-4-6-10(16)7-9/h4-8,16H,3H2,1-2H3,(H2,14,15,17,19). The van der Waals surface area contributed by atoms with Gasteiger partial charge in [0.15, 0.2) is 6.10 Å². The van der Waals surface area contributed by atoms with E-state index in [-0.39, 0.29) is 11.3 Å². The van der Waals surface area contributed by atoms with Gasteiger partial charge in [0.2, 0.25) is 0 Å². The van der Waals surface area contributed by atoms with Crippen LogP contribution < -0.4 is 10.6 Å². The van der Waals surface area contributed by atoms with Crippen LogP contribution in [-0.4, -0.2) is 35.7 Å². The van der Waals surface area contributed by atoms with Gasteiger partial charge in [-0.2, -0.15) is 0 Å². The van der Waals surface area contributed by atoms with Gasteiger partial charge in [0.25, 0.3) is 5.91 Å². The molecule has 7 nitrogen and oxygen atoms in total. The number of rotatable bonds is 4. The minimum atomic E-state index is -1.13. The SMILES string of the molecule is CCNC(=O)NC(=O)C(C)OC(=O)c1cccc(O)c1. The Bertz CT molecular complexity index is 515. The molecule has 1 rings (SSSR count). The first-order chi connectivity index (χ1) is 9.43. The van der Waals surface area contributed by atoms with Gasteiger partial charge in [0, 0.05) is 6.54 Å². The third kappa shape index (κ3) is 4.60. The molecule has 0 spiro atoms. The molecule has 0 saturated heterocycles. The highest BCUT2D eigenvalue weighted by Gasteiger charge is 2.20. The molecule has 0 aliphatic carbocycles. The molecule has 1 atom stereocenters. The summed E-state index contributed by atoms with van der Waals surface area (Å²) >= 11 is 0. The monoisotopic (exact) mass is 280 g/mol. The predicted molar refractivity (Wildman–Crippen MR) is 70.2 cm³/mol. The van der Waals surface area contributed by atoms with Crippen molar-refractivity contribution >= 4 is 17.9 Å². The lowest BCUT2D eigenvalue weighted by molar-refractivity contribution is -0.127. The van der Waals surface area contributed by atoms with Gasteiger partial charge in [-0.3, -0.25) is 10.1 Å². The molecule has 0 radical (unpaired) electrons. The Kier molecular flexibility index (Phi) is 5.52. The first-order valence-electron chi connectivity index (χ1n) is 6.02. The molecular formula is C13H16N2O5. The minimum Gasteiger partial charge on any atom is -0.508 e. The molecule has 3 amide bonds. The fraction of sp³-hybridized carbons (Fsp3) is 0.308. The maximum Gasteiger partial charge on any atom is 0.339 e. The number of nitrogens with one attached hydrogen (secondary N) is 2. The van der Waals surface area contributed by atoms with Crippen LogP contribution in [-0.2, 0) is 9.53 Å². The van der Waals surface area contributed by atoms with E-state index in [2.05, 4.69) is 5.32 Å². The Balaban J connectivity index is 2.57. The van der Waals surface area contributed by atoms with E-state index in [1.165, 1.54) is 31.2 Å². The lowest BCUT2D eigenvalue weighted by atomic mass is 10.2. The topological polar surface area (TPSA) is 105 Å². The van der Waals surface area contributed by atoms with E-state index >= 15 is 0 Å². The average Bonchev–Trinajstić information content (AvgIpc) is 2.38. The second kappa shape index (κ2) is 7.13. The highest BCUT2D eigenvalue weighted by molar-refractivity contribution is 5.98. The lowest BCUT2D eigenvalue weighted by Crippen LogP contribution is -2.44. The van der Waals surface area contributed by atoms with Crippen molar-refractivity contribution < 1.29 is 24.2 Å². The minimum absolute atomic E-state index is 0.0844. The van der Waals surface area contributed by atoms with Crippen molar-refractivity contribution in [3.63, 3.8) is 0 Å². The van der Waals surface area contributed by atoms with Crippen molar-refractivity contribution in [2.45, 2.75) is 20.0 Å². The summed E-state index contributed by atoms with van der Waals surface area (Å²) in [6, 6.07) is 4.89. The fourth-order valence-corrected chi connectivity index (χ4v) is 1.33. The fourth-order valence-electron chi connectivity index (χ4n) is 1.33. The van der Waals surface area contributed by atoms with Gasteiger partial charge in [0.1, 0.15) is 5.75 Å². The number of carbonyl (C=O) groups is 3. The van der Waals surface area contributed by atoms with Crippen LogP contribution in [0.5, 0.6) is 5.75 Å². The molecule has 1 aromatic carbocycles. The van der Waals surface area contributed by atoms with Gasteiger partial charge in [-0.05, 0) is 32.0 Å². The largest absolute Gasteiger partial charge is 0.508 e. The summed E-state index contributed by atoms with van der Waals surface area (Å²) in [6.07, 6.45) is -1.13. The summed E-state index contributed by atoms with van der Waals surface area (Å²) in [7, 11) is 0. The number of phenolic OH excluding ortho intramolecular Hbond substituents is 1. The molecule has 0 aromatic heterocycles. The number of hydrogen-bond acceptors (Lipinski definition) is 5. The number of hydrogen-bond donors (Lipinski definition) is 3. The van der Waals surface area contributed by atoms with Crippen LogP contribution >= 0.6 is 0 Å². The second-order valence-corrected chi connectivity index (χ2v) is 3.95. The molecule has 3 N–H and O–H groups in total. The zero-order valence-electron chi connectivity index (χ0n) is 11.2. The van der Waals surface area contributed by atoms with Gasteiger partial charge in [-0.25, -0.2) is 9.59 Å². The van der Waals surface area contributed by atoms with Crippen LogP contribution in [0.25, 0.3) is 0 Å². The molecule has 20 heavy (non-hydrogen) atoms. The van der Waals surface area contributed by atoms with Crippen LogP contribution in [0, 0.1) is 0 Å². The first-order valence-corrected chi connectivity index (χ1v) is 6.02. The second-order valence-electron chi connectivity index (χ2n) is 3.95. The average molecular weight is 280 g/mol. The smallest absolute Gasteiger partial charge is 0.339 e. The number of esters is 1. The quantitative estimate of drug-likeness (QED) is 0.707. The van der Waals surface area contributed by atoms with Crippen molar-refractivity contribution in [3.05, 3.63) is 29.8 Å². The maximum atomic E-state index is 11.7. The van der Waals surface area contributed by atoms with Gasteiger partial charge < -0.3 is 15.2 Å². The maximum absolute atomic E-state index is 11.7. The number of phenols is 1. The summed E-state index contributed by atoms with van der Waals surface area (Å²) < 4.78 is 4.89. The summed E-state index contributed by atoms with van der Waals surface area (Å²) in [5.74, 6) is -1.58. The van der Waals surface area contributed by atoms with E-state index in [1.807, 2.05) is 5.32 Å². The molecule has 0 aliphatic heterocycles. The third-order valence-corrected chi connectivity index (χ3v) is 2.31. The Morgan fingerprint density at radius 2 is 2.05 bits per heavy atom. The van der Waals surface area contributed by atoms with Crippen molar-refractivity contribution in [3.8, 4) is 5.75 Å². The number of benzene rings is 1. The highest BCUT2D eigenvalue weighted by atomic mass is 16.5. The molecule has 1 aromatic rings. The van der Waals surface area contributed by atoms with Crippen LogP contribution in [0.15, 0.2) is 24.3 Å². The molecule has 0 heterocycles. The van der Waals surface area contributed by atoms with Gasteiger partial charge >= 0.3 is 12.0 Å². The molecule has 7 heteroatoms. The van der Waals surface area contributed by atoms with E-state index in [0.717, 1.165) is 0 Å². The Morgan fingerprint density at radius 3 is 2.65 bits per heavy atom. The summed E-state index contributed by atoms with van der Waals surface area (Å²) in [6.45, 7) is 3.42. The Labute approximate surface area is 115 Å². The summed E-state index contributed by atoms with van der Waals surface area (Å²) in [5.41, 5.74) is 0.114. The first kappa shape index (κ1) is 15.5. The number of imide groups is 1. The molecular weight excluding hydrogens is 264 g/mol. The van der Waals surface area contributed by atoms with Crippen molar-refractivity contribution in [1.82, 2.24) is 10.6 Å². The zero-order valence-corrected chi connectivity index (χ0v) is 11.2. The Hall–Kier alpha value is -2.57. The number of ether oxygens (including phenoxy) is 1. The van der Waals surface area contributed by atoms with E-state index in [1.54, 1.807) is 6.92 Å². The normalized spacial score (nSPS) is 11.3. The highest BCUT2D eigenvalue weighted by Crippen LogP contribution is 2.12. The van der Waals surface area contributed by atoms with E-state index in [0.29, 0.717) is 6.54 Å².